The summed E-state index contributed by atoms with van der Waals surface area (Å²) in [6.45, 7) is 0.754. The van der Waals surface area contributed by atoms with E-state index in [1.54, 1.807) is 6.20 Å². The molecule has 0 bridgehead atoms. The van der Waals surface area contributed by atoms with Crippen molar-refractivity contribution in [3.63, 3.8) is 0 Å². The number of hydrogen-bond acceptors (Lipinski definition) is 4. The second-order valence-electron chi connectivity index (χ2n) is 7.69. The smallest absolute Gasteiger partial charge is 0.254 e. The molecular weight excluding hydrogens is 366 g/mol. The van der Waals surface area contributed by atoms with Crippen molar-refractivity contribution in [2.24, 2.45) is 11.7 Å². The van der Waals surface area contributed by atoms with E-state index in [2.05, 4.69) is 15.7 Å². The zero-order valence-electron chi connectivity index (χ0n) is 15.9. The fraction of sp³-hybridized carbons (Fsp3) is 0.737. The van der Waals surface area contributed by atoms with Crippen LogP contribution >= 0.6 is 12.4 Å². The van der Waals surface area contributed by atoms with Crippen molar-refractivity contribution in [3.8, 4) is 0 Å². The second kappa shape index (κ2) is 10.7. The van der Waals surface area contributed by atoms with Gasteiger partial charge in [-0.25, -0.2) is 0 Å². The molecule has 3 rings (SSSR count). The maximum atomic E-state index is 12.5. The topological polar surface area (TPSA) is 102 Å². The van der Waals surface area contributed by atoms with Gasteiger partial charge in [-0.15, -0.1) is 12.4 Å². The van der Waals surface area contributed by atoms with E-state index >= 15 is 0 Å². The molecule has 27 heavy (non-hydrogen) atoms. The minimum Gasteiger partial charge on any atom is -0.352 e. The summed E-state index contributed by atoms with van der Waals surface area (Å²) in [5, 5.41) is 10.3. The molecule has 1 aromatic heterocycles. The van der Waals surface area contributed by atoms with Crippen LogP contribution < -0.4 is 16.4 Å². The van der Waals surface area contributed by atoms with Gasteiger partial charge in [0.1, 0.15) is 6.54 Å². The van der Waals surface area contributed by atoms with Gasteiger partial charge in [0.25, 0.3) is 5.91 Å². The van der Waals surface area contributed by atoms with E-state index in [1.807, 2.05) is 0 Å². The van der Waals surface area contributed by atoms with Gasteiger partial charge in [0.15, 0.2) is 0 Å². The Morgan fingerprint density at radius 3 is 2.52 bits per heavy atom. The molecule has 2 saturated carbocycles. The average molecular weight is 398 g/mol. The lowest BCUT2D eigenvalue weighted by Gasteiger charge is -2.31. The van der Waals surface area contributed by atoms with Gasteiger partial charge in [0, 0.05) is 18.3 Å². The van der Waals surface area contributed by atoms with Crippen LogP contribution in [0, 0.1) is 5.92 Å². The summed E-state index contributed by atoms with van der Waals surface area (Å²) < 4.78 is 1.54. The maximum Gasteiger partial charge on any atom is 0.254 e. The van der Waals surface area contributed by atoms with Gasteiger partial charge >= 0.3 is 0 Å². The first-order valence-electron chi connectivity index (χ1n) is 9.98. The Morgan fingerprint density at radius 1 is 1.07 bits per heavy atom. The number of carbonyl (C=O) groups excluding carboxylic acids is 2. The van der Waals surface area contributed by atoms with Gasteiger partial charge in [-0.2, -0.15) is 5.10 Å². The summed E-state index contributed by atoms with van der Waals surface area (Å²) in [5.74, 6) is 0.181. The van der Waals surface area contributed by atoms with E-state index in [1.165, 1.54) is 36.6 Å². The third-order valence-electron chi connectivity index (χ3n) is 5.70. The highest BCUT2D eigenvalue weighted by atomic mass is 35.5. The first-order chi connectivity index (χ1) is 12.7. The Bertz CT molecular complexity index is 615. The van der Waals surface area contributed by atoms with Gasteiger partial charge in [-0.1, -0.05) is 32.1 Å². The van der Waals surface area contributed by atoms with Crippen molar-refractivity contribution < 1.29 is 9.59 Å². The molecule has 8 heteroatoms. The lowest BCUT2D eigenvalue weighted by Crippen LogP contribution is -2.44. The number of nitrogens with two attached hydrogens (primary N) is 1. The molecule has 2 unspecified atom stereocenters. The molecule has 0 aliphatic heterocycles. The second-order valence-corrected chi connectivity index (χ2v) is 7.69. The highest BCUT2D eigenvalue weighted by Gasteiger charge is 2.26. The number of halogens is 1. The summed E-state index contributed by atoms with van der Waals surface area (Å²) in [7, 11) is 0. The molecule has 0 spiro atoms. The van der Waals surface area contributed by atoms with Crippen LogP contribution in [0.5, 0.6) is 0 Å². The van der Waals surface area contributed by atoms with E-state index in [9.17, 15) is 9.59 Å². The first-order valence-corrected chi connectivity index (χ1v) is 9.98. The Balaban J connectivity index is 0.00000261. The van der Waals surface area contributed by atoms with Gasteiger partial charge in [-0.05, 0) is 38.1 Å². The van der Waals surface area contributed by atoms with Gasteiger partial charge in [0.05, 0.1) is 11.8 Å². The standard InChI is InChI=1S/C19H31N5O2.ClH/c20-10-14-6-4-5-9-17(14)23-19(26)15-11-21-24(12-15)13-18(25)22-16-7-2-1-3-8-16;/h11-12,14,16-17H,1-10,13,20H2,(H,22,25)(H,23,26);1H. The molecular formula is C19H32ClN5O2. The van der Waals surface area contributed by atoms with Crippen LogP contribution in [0.4, 0.5) is 0 Å². The van der Waals surface area contributed by atoms with E-state index < -0.39 is 0 Å². The Labute approximate surface area is 167 Å². The van der Waals surface area contributed by atoms with Gasteiger partial charge < -0.3 is 16.4 Å². The number of nitrogens with one attached hydrogen (secondary N) is 2. The summed E-state index contributed by atoms with van der Waals surface area (Å²) in [4.78, 5) is 24.7. The van der Waals surface area contributed by atoms with Crippen molar-refractivity contribution in [3.05, 3.63) is 18.0 Å². The molecule has 1 heterocycles. The summed E-state index contributed by atoms with van der Waals surface area (Å²) in [6.07, 6.45) is 13.3. The number of aromatic nitrogens is 2. The molecule has 4 N–H and O–H groups in total. The Hall–Kier alpha value is -1.60. The number of carbonyl (C=O) groups is 2. The minimum absolute atomic E-state index is 0. The third-order valence-corrected chi connectivity index (χ3v) is 5.70. The fourth-order valence-electron chi connectivity index (χ4n) is 4.17. The molecule has 2 fully saturated rings. The summed E-state index contributed by atoms with van der Waals surface area (Å²) >= 11 is 0. The normalized spacial score (nSPS) is 23.3. The lowest BCUT2D eigenvalue weighted by atomic mass is 9.84. The fourth-order valence-corrected chi connectivity index (χ4v) is 4.17. The van der Waals surface area contributed by atoms with Crippen LogP contribution in [-0.4, -0.2) is 40.2 Å². The van der Waals surface area contributed by atoms with E-state index in [0.717, 1.165) is 32.1 Å². The van der Waals surface area contributed by atoms with Crippen LogP contribution in [0.25, 0.3) is 0 Å². The summed E-state index contributed by atoms with van der Waals surface area (Å²) in [6, 6.07) is 0.424. The molecule has 0 saturated heterocycles. The molecule has 2 atom stereocenters. The first kappa shape index (κ1) is 21.7. The van der Waals surface area contributed by atoms with Crippen LogP contribution in [0.15, 0.2) is 12.4 Å². The number of rotatable bonds is 6. The Kier molecular flexibility index (Phi) is 8.57. The van der Waals surface area contributed by atoms with Crippen LogP contribution in [0.3, 0.4) is 0 Å². The molecule has 0 radical (unpaired) electrons. The molecule has 7 nitrogen and oxygen atoms in total. The van der Waals surface area contributed by atoms with Crippen molar-refractivity contribution in [2.75, 3.05) is 6.54 Å². The maximum absolute atomic E-state index is 12.5. The molecule has 152 valence electrons. The molecule has 0 aromatic carbocycles. The molecule has 1 aromatic rings. The van der Waals surface area contributed by atoms with Gasteiger partial charge in [-0.3, -0.25) is 14.3 Å². The SMILES string of the molecule is Cl.NCC1CCCCC1NC(=O)c1cnn(CC(=O)NC2CCCCC2)c1. The lowest BCUT2D eigenvalue weighted by molar-refractivity contribution is -0.122. The highest BCUT2D eigenvalue weighted by molar-refractivity contribution is 5.94. The van der Waals surface area contributed by atoms with Crippen LogP contribution in [-0.2, 0) is 11.3 Å². The van der Waals surface area contributed by atoms with Crippen LogP contribution in [0.2, 0.25) is 0 Å². The summed E-state index contributed by atoms with van der Waals surface area (Å²) in [5.41, 5.74) is 6.33. The minimum atomic E-state index is -0.130. The van der Waals surface area contributed by atoms with E-state index in [0.29, 0.717) is 18.0 Å². The van der Waals surface area contributed by atoms with Crippen molar-refractivity contribution in [1.82, 2.24) is 20.4 Å². The Morgan fingerprint density at radius 2 is 1.78 bits per heavy atom. The van der Waals surface area contributed by atoms with E-state index in [4.69, 9.17) is 5.73 Å². The third kappa shape index (κ3) is 6.21. The average Bonchev–Trinajstić information content (AvgIpc) is 3.11. The van der Waals surface area contributed by atoms with E-state index in [-0.39, 0.29) is 42.8 Å². The monoisotopic (exact) mass is 397 g/mol. The number of nitrogens with zero attached hydrogens (tertiary/aromatic N) is 2. The zero-order valence-corrected chi connectivity index (χ0v) is 16.7. The molecule has 2 amide bonds. The largest absolute Gasteiger partial charge is 0.352 e. The van der Waals surface area contributed by atoms with Gasteiger partial charge in [0.2, 0.25) is 5.91 Å². The number of amides is 2. The van der Waals surface area contributed by atoms with Crippen molar-refractivity contribution in [2.45, 2.75) is 76.4 Å². The van der Waals surface area contributed by atoms with Crippen molar-refractivity contribution in [1.29, 1.82) is 0 Å². The predicted octanol–water partition coefficient (Wildman–Crippen LogP) is 2.00. The predicted molar refractivity (Wildman–Crippen MR) is 107 cm³/mol. The molecule has 2 aliphatic carbocycles. The highest BCUT2D eigenvalue weighted by Crippen LogP contribution is 2.23. The number of hydrogen-bond donors (Lipinski definition) is 3. The van der Waals surface area contributed by atoms with Crippen molar-refractivity contribution >= 4 is 24.2 Å². The zero-order chi connectivity index (χ0) is 18.4. The molecule has 2 aliphatic rings. The van der Waals surface area contributed by atoms with Crippen LogP contribution in [0.1, 0.15) is 68.1 Å². The quantitative estimate of drug-likeness (QED) is 0.683.